The Bertz CT molecular complexity index is 778. The van der Waals surface area contributed by atoms with Crippen LogP contribution in [0.5, 0.6) is 11.5 Å². The van der Waals surface area contributed by atoms with Gasteiger partial charge in [-0.15, -0.1) is 0 Å². The highest BCUT2D eigenvalue weighted by Crippen LogP contribution is 2.53. The van der Waals surface area contributed by atoms with Crippen molar-refractivity contribution in [2.75, 3.05) is 18.0 Å². The number of anilines is 1. The van der Waals surface area contributed by atoms with E-state index in [4.69, 9.17) is 0 Å². The second-order valence-corrected chi connectivity index (χ2v) is 9.03. The molecule has 1 fully saturated rings. The number of hydrogen-bond donors (Lipinski definition) is 4. The first-order valence-corrected chi connectivity index (χ1v) is 10.4. The zero-order chi connectivity index (χ0) is 21.3. The maximum atomic E-state index is 10.7. The van der Waals surface area contributed by atoms with Crippen molar-refractivity contribution in [3.63, 3.8) is 0 Å². The Morgan fingerprint density at radius 3 is 1.72 bits per heavy atom. The fourth-order valence-corrected chi connectivity index (χ4v) is 4.42. The Morgan fingerprint density at radius 1 is 0.793 bits per heavy atom. The van der Waals surface area contributed by atoms with Crippen LogP contribution >= 0.6 is 0 Å². The molecular formula is C24H33NO4. The Balaban J connectivity index is 1.88. The van der Waals surface area contributed by atoms with E-state index in [2.05, 4.69) is 32.6 Å². The number of phenolic OH excluding ortho intramolecular Hbond substituents is 2. The van der Waals surface area contributed by atoms with Gasteiger partial charge in [-0.1, -0.05) is 58.0 Å². The van der Waals surface area contributed by atoms with Gasteiger partial charge in [0.2, 0.25) is 0 Å². The molecule has 1 saturated carbocycles. The molecule has 2 unspecified atom stereocenters. The molecule has 0 saturated heterocycles. The Hall–Kier alpha value is -2.24. The van der Waals surface area contributed by atoms with Gasteiger partial charge in [-0.05, 0) is 17.4 Å². The maximum absolute atomic E-state index is 10.7. The van der Waals surface area contributed by atoms with Crippen molar-refractivity contribution >= 4 is 5.69 Å². The minimum Gasteiger partial charge on any atom is -0.507 e. The molecule has 0 heterocycles. The summed E-state index contributed by atoms with van der Waals surface area (Å²) >= 11 is 0. The third-order valence-corrected chi connectivity index (χ3v) is 5.65. The summed E-state index contributed by atoms with van der Waals surface area (Å²) in [6, 6.07) is 12.6. The molecule has 158 valence electrons. The normalized spacial score (nSPS) is 24.0. The number of aliphatic hydroxyl groups is 2. The Labute approximate surface area is 173 Å². The van der Waals surface area contributed by atoms with Crippen LogP contribution in [-0.2, 0) is 0 Å². The average Bonchev–Trinajstić information content (AvgIpc) is 2.64. The number of hydrogen-bond acceptors (Lipinski definition) is 5. The van der Waals surface area contributed by atoms with Crippen molar-refractivity contribution in [3.8, 4) is 11.5 Å². The summed E-state index contributed by atoms with van der Waals surface area (Å²) in [6.45, 7) is 10.1. The average molecular weight is 400 g/mol. The van der Waals surface area contributed by atoms with Crippen molar-refractivity contribution in [2.45, 2.75) is 51.7 Å². The fraction of sp³-hybridized carbons (Fsp3) is 0.500. The highest BCUT2D eigenvalue weighted by Gasteiger charge is 2.52. The molecule has 5 heteroatoms. The van der Waals surface area contributed by atoms with Gasteiger partial charge in [-0.2, -0.15) is 0 Å². The molecule has 2 aromatic carbocycles. The molecule has 3 rings (SSSR count). The number of phenols is 2. The van der Waals surface area contributed by atoms with Crippen molar-refractivity contribution in [2.24, 2.45) is 11.8 Å². The quantitative estimate of drug-likeness (QED) is 0.569. The van der Waals surface area contributed by atoms with Gasteiger partial charge in [0.05, 0.1) is 12.2 Å². The van der Waals surface area contributed by atoms with Crippen LogP contribution in [0.4, 0.5) is 5.69 Å². The van der Waals surface area contributed by atoms with Crippen LogP contribution in [-0.4, -0.2) is 45.7 Å². The minimum atomic E-state index is -0.877. The summed E-state index contributed by atoms with van der Waals surface area (Å²) in [5.41, 5.74) is 1.81. The molecule has 29 heavy (non-hydrogen) atoms. The Morgan fingerprint density at radius 2 is 1.28 bits per heavy atom. The lowest BCUT2D eigenvalue weighted by Gasteiger charge is -2.47. The van der Waals surface area contributed by atoms with Crippen LogP contribution in [0, 0.1) is 11.8 Å². The van der Waals surface area contributed by atoms with E-state index in [-0.39, 0.29) is 17.1 Å². The topological polar surface area (TPSA) is 84.2 Å². The lowest BCUT2D eigenvalue weighted by Crippen LogP contribution is -2.51. The molecule has 1 aliphatic carbocycles. The molecule has 0 aromatic heterocycles. The number of nitrogens with zero attached hydrogens (tertiary/aromatic N) is 1. The standard InChI is InChI=1S/C24H33NO4/c1-14(2)12-25(13-15(3)4)17-10-18(26)21(19(27)11-17)22-23(28)20(24(22)29)16-8-6-5-7-9-16/h5-11,14-15,20,22-24,26-29H,12-13H2,1-4H3. The second-order valence-electron chi connectivity index (χ2n) is 9.03. The van der Waals surface area contributed by atoms with Gasteiger partial charge in [0.25, 0.3) is 0 Å². The van der Waals surface area contributed by atoms with Crippen LogP contribution in [0.1, 0.15) is 50.7 Å². The SMILES string of the molecule is CC(C)CN(CC(C)C)c1cc(O)c(C2C(O)C(c3ccccc3)C2O)c(O)c1. The van der Waals surface area contributed by atoms with E-state index < -0.39 is 24.0 Å². The molecule has 4 N–H and O–H groups in total. The van der Waals surface area contributed by atoms with E-state index in [1.54, 1.807) is 12.1 Å². The van der Waals surface area contributed by atoms with Gasteiger partial charge in [-0.3, -0.25) is 0 Å². The predicted molar refractivity (Wildman–Crippen MR) is 116 cm³/mol. The van der Waals surface area contributed by atoms with E-state index >= 15 is 0 Å². The highest BCUT2D eigenvalue weighted by atomic mass is 16.3. The van der Waals surface area contributed by atoms with Crippen molar-refractivity contribution < 1.29 is 20.4 Å². The molecule has 0 radical (unpaired) electrons. The first-order valence-electron chi connectivity index (χ1n) is 10.4. The van der Waals surface area contributed by atoms with E-state index in [0.29, 0.717) is 11.8 Å². The van der Waals surface area contributed by atoms with E-state index in [0.717, 1.165) is 24.3 Å². The zero-order valence-electron chi connectivity index (χ0n) is 17.7. The van der Waals surface area contributed by atoms with Gasteiger partial charge >= 0.3 is 0 Å². The van der Waals surface area contributed by atoms with Gasteiger partial charge in [0, 0.05) is 48.3 Å². The molecule has 0 spiro atoms. The second kappa shape index (κ2) is 8.64. The lowest BCUT2D eigenvalue weighted by atomic mass is 9.63. The zero-order valence-corrected chi connectivity index (χ0v) is 17.7. The maximum Gasteiger partial charge on any atom is 0.125 e. The summed E-state index contributed by atoms with van der Waals surface area (Å²) < 4.78 is 0. The molecule has 0 bridgehead atoms. The monoisotopic (exact) mass is 399 g/mol. The molecule has 5 nitrogen and oxygen atoms in total. The molecule has 0 amide bonds. The first-order chi connectivity index (χ1) is 13.7. The highest BCUT2D eigenvalue weighted by molar-refractivity contribution is 5.61. The summed E-state index contributed by atoms with van der Waals surface area (Å²) in [4.78, 5) is 2.15. The predicted octanol–water partition coefficient (Wildman–Crippen LogP) is 3.82. The summed E-state index contributed by atoms with van der Waals surface area (Å²) in [7, 11) is 0. The summed E-state index contributed by atoms with van der Waals surface area (Å²) in [5, 5.41) is 42.9. The number of benzene rings is 2. The van der Waals surface area contributed by atoms with Crippen molar-refractivity contribution in [1.29, 1.82) is 0 Å². The third kappa shape index (κ3) is 4.36. The van der Waals surface area contributed by atoms with Crippen LogP contribution in [0.3, 0.4) is 0 Å². The molecular weight excluding hydrogens is 366 g/mol. The summed E-state index contributed by atoms with van der Waals surface area (Å²) in [5.74, 6) is -0.477. The minimum absolute atomic E-state index is 0.0906. The van der Waals surface area contributed by atoms with Gasteiger partial charge in [0.15, 0.2) is 0 Å². The van der Waals surface area contributed by atoms with Gasteiger partial charge in [0.1, 0.15) is 11.5 Å². The third-order valence-electron chi connectivity index (χ3n) is 5.65. The molecule has 2 aromatic rings. The first kappa shape index (κ1) is 21.5. The van der Waals surface area contributed by atoms with Crippen LogP contribution in [0.15, 0.2) is 42.5 Å². The smallest absolute Gasteiger partial charge is 0.125 e. The number of rotatable bonds is 7. The van der Waals surface area contributed by atoms with E-state index in [1.807, 2.05) is 30.3 Å². The summed E-state index contributed by atoms with van der Waals surface area (Å²) in [6.07, 6.45) is -1.75. The molecule has 1 aliphatic rings. The molecule has 2 atom stereocenters. The fourth-order valence-electron chi connectivity index (χ4n) is 4.42. The lowest BCUT2D eigenvalue weighted by molar-refractivity contribution is -0.0797. The molecule has 0 aliphatic heterocycles. The largest absolute Gasteiger partial charge is 0.507 e. The number of aliphatic hydroxyl groups excluding tert-OH is 2. The Kier molecular flexibility index (Phi) is 6.39. The van der Waals surface area contributed by atoms with Crippen LogP contribution in [0.2, 0.25) is 0 Å². The van der Waals surface area contributed by atoms with E-state index in [1.165, 1.54) is 0 Å². The van der Waals surface area contributed by atoms with E-state index in [9.17, 15) is 20.4 Å². The van der Waals surface area contributed by atoms with Gasteiger partial charge < -0.3 is 25.3 Å². The van der Waals surface area contributed by atoms with Crippen molar-refractivity contribution in [3.05, 3.63) is 53.6 Å². The number of aromatic hydroxyl groups is 2. The van der Waals surface area contributed by atoms with Gasteiger partial charge in [-0.25, -0.2) is 0 Å². The van der Waals surface area contributed by atoms with Crippen LogP contribution < -0.4 is 4.90 Å². The van der Waals surface area contributed by atoms with Crippen molar-refractivity contribution in [1.82, 2.24) is 0 Å². The van der Waals surface area contributed by atoms with Crippen LogP contribution in [0.25, 0.3) is 0 Å².